The number of rotatable bonds is 6. The van der Waals surface area contributed by atoms with Crippen LogP contribution in [0.2, 0.25) is 0 Å². The van der Waals surface area contributed by atoms with E-state index in [0.29, 0.717) is 12.0 Å². The molecular formula is C17H19BrFNO. The van der Waals surface area contributed by atoms with Crippen LogP contribution in [0.15, 0.2) is 46.9 Å². The van der Waals surface area contributed by atoms with Gasteiger partial charge in [0, 0.05) is 16.1 Å². The van der Waals surface area contributed by atoms with Gasteiger partial charge in [0.2, 0.25) is 0 Å². The van der Waals surface area contributed by atoms with Crippen LogP contribution in [0.3, 0.4) is 0 Å². The summed E-state index contributed by atoms with van der Waals surface area (Å²) in [6.07, 6.45) is 0.577. The van der Waals surface area contributed by atoms with Gasteiger partial charge in [0.25, 0.3) is 0 Å². The van der Waals surface area contributed by atoms with Gasteiger partial charge in [-0.1, -0.05) is 47.1 Å². The lowest BCUT2D eigenvalue weighted by atomic mass is 9.97. The third kappa shape index (κ3) is 4.05. The van der Waals surface area contributed by atoms with Gasteiger partial charge < -0.3 is 10.1 Å². The summed E-state index contributed by atoms with van der Waals surface area (Å²) >= 11 is 3.29. The number of nitrogens with one attached hydrogen (secondary N) is 1. The van der Waals surface area contributed by atoms with Gasteiger partial charge in [-0.3, -0.25) is 0 Å². The standard InChI is InChI=1S/C17H19BrFNO/c1-3-20-16(14-6-4-5-7-17(14)21-2)10-12-8-9-13(18)11-15(12)19/h4-9,11,16,20H,3,10H2,1-2H3. The molecule has 1 atom stereocenters. The zero-order chi connectivity index (χ0) is 15.2. The fourth-order valence-electron chi connectivity index (χ4n) is 2.40. The third-order valence-corrected chi connectivity index (χ3v) is 3.90. The number of ether oxygens (including phenoxy) is 1. The van der Waals surface area contributed by atoms with Crippen molar-refractivity contribution in [3.63, 3.8) is 0 Å². The maximum Gasteiger partial charge on any atom is 0.127 e. The minimum atomic E-state index is -0.192. The number of likely N-dealkylation sites (N-methyl/N-ethyl adjacent to an activating group) is 1. The molecule has 0 radical (unpaired) electrons. The molecule has 112 valence electrons. The molecule has 0 aliphatic carbocycles. The monoisotopic (exact) mass is 351 g/mol. The third-order valence-electron chi connectivity index (χ3n) is 3.40. The lowest BCUT2D eigenvalue weighted by Crippen LogP contribution is -2.23. The maximum atomic E-state index is 14.1. The van der Waals surface area contributed by atoms with E-state index in [4.69, 9.17) is 4.74 Å². The zero-order valence-corrected chi connectivity index (χ0v) is 13.8. The first-order chi connectivity index (χ1) is 10.2. The van der Waals surface area contributed by atoms with Gasteiger partial charge in [0.15, 0.2) is 0 Å². The molecule has 1 N–H and O–H groups in total. The van der Waals surface area contributed by atoms with Crippen molar-refractivity contribution in [1.29, 1.82) is 0 Å². The van der Waals surface area contributed by atoms with Gasteiger partial charge in [0.05, 0.1) is 7.11 Å². The molecule has 4 heteroatoms. The summed E-state index contributed by atoms with van der Waals surface area (Å²) in [6, 6.07) is 13.1. The number of benzene rings is 2. The Hall–Kier alpha value is -1.39. The molecule has 2 aromatic carbocycles. The zero-order valence-electron chi connectivity index (χ0n) is 12.2. The molecule has 21 heavy (non-hydrogen) atoms. The highest BCUT2D eigenvalue weighted by Gasteiger charge is 2.17. The second kappa shape index (κ2) is 7.57. The summed E-state index contributed by atoms with van der Waals surface area (Å²) in [4.78, 5) is 0. The topological polar surface area (TPSA) is 21.3 Å². The highest BCUT2D eigenvalue weighted by Crippen LogP contribution is 2.28. The molecule has 0 saturated heterocycles. The van der Waals surface area contributed by atoms with E-state index < -0.39 is 0 Å². The van der Waals surface area contributed by atoms with E-state index in [1.807, 2.05) is 43.3 Å². The van der Waals surface area contributed by atoms with Crippen molar-refractivity contribution in [2.75, 3.05) is 13.7 Å². The van der Waals surface area contributed by atoms with Gasteiger partial charge in [-0.05, 0) is 36.7 Å². The van der Waals surface area contributed by atoms with E-state index in [9.17, 15) is 4.39 Å². The molecule has 0 amide bonds. The number of methoxy groups -OCH3 is 1. The summed E-state index contributed by atoms with van der Waals surface area (Å²) in [5, 5.41) is 3.41. The molecule has 0 heterocycles. The van der Waals surface area contributed by atoms with Crippen molar-refractivity contribution >= 4 is 15.9 Å². The first-order valence-electron chi connectivity index (χ1n) is 6.96. The highest BCUT2D eigenvalue weighted by atomic mass is 79.9. The lowest BCUT2D eigenvalue weighted by molar-refractivity contribution is 0.398. The summed E-state index contributed by atoms with van der Waals surface area (Å²) in [7, 11) is 1.65. The van der Waals surface area contributed by atoms with Crippen LogP contribution >= 0.6 is 15.9 Å². The van der Waals surface area contributed by atoms with Crippen LogP contribution in [0.5, 0.6) is 5.75 Å². The predicted molar refractivity (Wildman–Crippen MR) is 87.2 cm³/mol. The normalized spacial score (nSPS) is 12.2. The first kappa shape index (κ1) is 16.0. The van der Waals surface area contributed by atoms with Crippen molar-refractivity contribution in [3.8, 4) is 5.75 Å². The van der Waals surface area contributed by atoms with Gasteiger partial charge in [-0.2, -0.15) is 0 Å². The van der Waals surface area contributed by atoms with Gasteiger partial charge in [-0.15, -0.1) is 0 Å². The fraction of sp³-hybridized carbons (Fsp3) is 0.294. The smallest absolute Gasteiger partial charge is 0.127 e. The Bertz CT molecular complexity index is 603. The molecule has 2 nitrogen and oxygen atoms in total. The number of hydrogen-bond donors (Lipinski definition) is 1. The Kier molecular flexibility index (Phi) is 5.76. The SMILES string of the molecule is CCNC(Cc1ccc(Br)cc1F)c1ccccc1OC. The quantitative estimate of drug-likeness (QED) is 0.827. The Balaban J connectivity index is 2.30. The van der Waals surface area contributed by atoms with Crippen molar-refractivity contribution in [2.45, 2.75) is 19.4 Å². The average molecular weight is 352 g/mol. The van der Waals surface area contributed by atoms with E-state index in [-0.39, 0.29) is 11.9 Å². The van der Waals surface area contributed by atoms with E-state index in [1.165, 1.54) is 6.07 Å². The molecular weight excluding hydrogens is 333 g/mol. The number of halogens is 2. The Morgan fingerprint density at radius 1 is 1.24 bits per heavy atom. The van der Waals surface area contributed by atoms with Crippen LogP contribution in [0.1, 0.15) is 24.1 Å². The molecule has 0 fully saturated rings. The van der Waals surface area contributed by atoms with Crippen molar-refractivity contribution < 1.29 is 9.13 Å². The van der Waals surface area contributed by atoms with Crippen LogP contribution in [0.4, 0.5) is 4.39 Å². The minimum Gasteiger partial charge on any atom is -0.496 e. The predicted octanol–water partition coefficient (Wildman–Crippen LogP) is 4.49. The molecule has 0 aromatic heterocycles. The van der Waals surface area contributed by atoms with Crippen LogP contribution in [0, 0.1) is 5.82 Å². The van der Waals surface area contributed by atoms with Crippen molar-refractivity contribution in [3.05, 3.63) is 63.9 Å². The van der Waals surface area contributed by atoms with Gasteiger partial charge in [-0.25, -0.2) is 4.39 Å². The molecule has 0 aliphatic rings. The van der Waals surface area contributed by atoms with E-state index >= 15 is 0 Å². The maximum absolute atomic E-state index is 14.1. The summed E-state index contributed by atoms with van der Waals surface area (Å²) in [5.74, 6) is 0.628. The van der Waals surface area contributed by atoms with Gasteiger partial charge >= 0.3 is 0 Å². The molecule has 0 bridgehead atoms. The first-order valence-corrected chi connectivity index (χ1v) is 7.75. The molecule has 2 aromatic rings. The summed E-state index contributed by atoms with van der Waals surface area (Å²) in [5.41, 5.74) is 1.74. The van der Waals surface area contributed by atoms with E-state index in [2.05, 4.69) is 21.2 Å². The second-order valence-corrected chi connectivity index (χ2v) is 5.71. The highest BCUT2D eigenvalue weighted by molar-refractivity contribution is 9.10. The fourth-order valence-corrected chi connectivity index (χ4v) is 2.73. The molecule has 2 rings (SSSR count). The van der Waals surface area contributed by atoms with Gasteiger partial charge in [0.1, 0.15) is 11.6 Å². The lowest BCUT2D eigenvalue weighted by Gasteiger charge is -2.21. The number of hydrogen-bond acceptors (Lipinski definition) is 2. The van der Waals surface area contributed by atoms with Crippen LogP contribution in [-0.2, 0) is 6.42 Å². The Morgan fingerprint density at radius 2 is 2.00 bits per heavy atom. The van der Waals surface area contributed by atoms with Crippen LogP contribution in [0.25, 0.3) is 0 Å². The molecule has 0 aliphatic heterocycles. The summed E-state index contributed by atoms with van der Waals surface area (Å²) < 4.78 is 20.2. The largest absolute Gasteiger partial charge is 0.496 e. The molecule has 0 saturated carbocycles. The Labute approximate surface area is 133 Å². The van der Waals surface area contributed by atoms with Crippen LogP contribution in [-0.4, -0.2) is 13.7 Å². The molecule has 0 spiro atoms. The van der Waals surface area contributed by atoms with E-state index in [0.717, 1.165) is 22.3 Å². The minimum absolute atomic E-state index is 0.0156. The Morgan fingerprint density at radius 3 is 2.67 bits per heavy atom. The average Bonchev–Trinajstić information content (AvgIpc) is 2.49. The molecule has 1 unspecified atom stereocenters. The number of para-hydroxylation sites is 1. The van der Waals surface area contributed by atoms with Crippen LogP contribution < -0.4 is 10.1 Å². The van der Waals surface area contributed by atoms with Crippen molar-refractivity contribution in [2.24, 2.45) is 0 Å². The van der Waals surface area contributed by atoms with E-state index in [1.54, 1.807) is 7.11 Å². The second-order valence-electron chi connectivity index (χ2n) is 4.79. The summed E-state index contributed by atoms with van der Waals surface area (Å²) in [6.45, 7) is 2.85. The van der Waals surface area contributed by atoms with Crippen molar-refractivity contribution in [1.82, 2.24) is 5.32 Å².